The molecule has 0 saturated carbocycles. The Balaban J connectivity index is 1.27. The average molecular weight is 534 g/mol. The molecule has 0 aliphatic carbocycles. The molecule has 1 aliphatic heterocycles. The van der Waals surface area contributed by atoms with E-state index in [1.54, 1.807) is 4.90 Å². The van der Waals surface area contributed by atoms with Gasteiger partial charge in [0.25, 0.3) is 0 Å². The number of piperidine rings is 1. The monoisotopic (exact) mass is 533 g/mol. The number of likely N-dealkylation sites (tertiary alicyclic amines) is 1. The molecule has 40 heavy (non-hydrogen) atoms. The molecular weight excluding hydrogens is 498 g/mol. The molecule has 0 bridgehead atoms. The summed E-state index contributed by atoms with van der Waals surface area (Å²) < 4.78 is 18.7. The molecule has 0 radical (unpaired) electrons. The fourth-order valence-electron chi connectivity index (χ4n) is 5.62. The Morgan fingerprint density at radius 3 is 2.33 bits per heavy atom. The molecule has 1 amide bonds. The van der Waals surface area contributed by atoms with Crippen molar-refractivity contribution < 1.29 is 18.7 Å². The van der Waals surface area contributed by atoms with Crippen LogP contribution in [0.1, 0.15) is 44.2 Å². The number of fused-ring (bicyclic) bond motifs is 3. The predicted octanol–water partition coefficient (Wildman–Crippen LogP) is 8.56. The van der Waals surface area contributed by atoms with E-state index in [-0.39, 0.29) is 18.1 Å². The van der Waals surface area contributed by atoms with Gasteiger partial charge in [-0.15, -0.1) is 0 Å². The highest BCUT2D eigenvalue weighted by molar-refractivity contribution is 6.05. The third kappa shape index (κ3) is 5.47. The number of para-hydroxylation sites is 2. The first kappa shape index (κ1) is 26.1. The number of benzene rings is 4. The lowest BCUT2D eigenvalue weighted by Gasteiger charge is -2.39. The number of amides is 1. The highest BCUT2D eigenvalue weighted by atomic mass is 16.6. The van der Waals surface area contributed by atoms with Crippen LogP contribution >= 0.6 is 0 Å². The van der Waals surface area contributed by atoms with Gasteiger partial charge in [0, 0.05) is 28.8 Å². The minimum atomic E-state index is -0.551. The molecule has 6 rings (SSSR count). The second kappa shape index (κ2) is 10.8. The zero-order valence-corrected chi connectivity index (χ0v) is 23.3. The lowest BCUT2D eigenvalue weighted by molar-refractivity contribution is -0.0358. The van der Waals surface area contributed by atoms with Gasteiger partial charge in [-0.25, -0.2) is 4.79 Å². The number of nitrogens with zero attached hydrogens (tertiary/aromatic N) is 1. The van der Waals surface area contributed by atoms with Crippen molar-refractivity contribution in [1.82, 2.24) is 4.90 Å². The lowest BCUT2D eigenvalue weighted by Crippen LogP contribution is -2.48. The van der Waals surface area contributed by atoms with Gasteiger partial charge >= 0.3 is 6.09 Å². The van der Waals surface area contributed by atoms with Crippen LogP contribution in [0, 0.1) is 0 Å². The van der Waals surface area contributed by atoms with Gasteiger partial charge in [-0.05, 0) is 49.9 Å². The third-order valence-electron chi connectivity index (χ3n) is 7.57. The van der Waals surface area contributed by atoms with Gasteiger partial charge in [0.05, 0.1) is 19.3 Å². The summed E-state index contributed by atoms with van der Waals surface area (Å²) in [4.78, 5) is 14.8. The zero-order valence-electron chi connectivity index (χ0n) is 23.3. The molecule has 5 nitrogen and oxygen atoms in total. The fourth-order valence-corrected chi connectivity index (χ4v) is 5.62. The molecule has 0 N–H and O–H groups in total. The molecular formula is C35H35NO4. The molecule has 1 saturated heterocycles. The smallest absolute Gasteiger partial charge is 0.410 e. The van der Waals surface area contributed by atoms with Crippen LogP contribution in [0.2, 0.25) is 0 Å². The number of carbonyl (C=O) groups excluding carboxylic acids is 1. The van der Waals surface area contributed by atoms with Crippen LogP contribution in [-0.2, 0) is 16.1 Å². The summed E-state index contributed by atoms with van der Waals surface area (Å²) >= 11 is 0. The van der Waals surface area contributed by atoms with Crippen molar-refractivity contribution in [3.05, 3.63) is 108 Å². The van der Waals surface area contributed by atoms with E-state index < -0.39 is 5.60 Å². The highest BCUT2D eigenvalue weighted by Crippen LogP contribution is 2.39. The minimum absolute atomic E-state index is 0.0755. The van der Waals surface area contributed by atoms with Gasteiger partial charge in [-0.2, -0.15) is 0 Å². The Bertz CT molecular complexity index is 1610. The van der Waals surface area contributed by atoms with E-state index in [4.69, 9.17) is 13.9 Å². The number of furan rings is 1. The Morgan fingerprint density at radius 2 is 1.55 bits per heavy atom. The molecule has 2 atom stereocenters. The van der Waals surface area contributed by atoms with Crippen LogP contribution in [0.4, 0.5) is 4.79 Å². The summed E-state index contributed by atoms with van der Waals surface area (Å²) in [5.41, 5.74) is 5.82. The molecule has 5 heteroatoms. The quantitative estimate of drug-likeness (QED) is 0.227. The Morgan fingerprint density at radius 1 is 0.850 bits per heavy atom. The summed E-state index contributed by atoms with van der Waals surface area (Å²) in [6.07, 6.45) is 0.245. The van der Waals surface area contributed by atoms with Crippen LogP contribution in [-0.4, -0.2) is 35.8 Å². The molecule has 4 aromatic carbocycles. The first-order valence-electron chi connectivity index (χ1n) is 14.0. The summed E-state index contributed by atoms with van der Waals surface area (Å²) in [6.45, 7) is 7.20. The molecule has 5 aromatic rings. The van der Waals surface area contributed by atoms with E-state index in [2.05, 4.69) is 72.8 Å². The van der Waals surface area contributed by atoms with Crippen molar-refractivity contribution in [2.24, 2.45) is 0 Å². The molecule has 1 aromatic heterocycles. The summed E-state index contributed by atoms with van der Waals surface area (Å²) in [5.74, 6) is 0.0755. The normalized spacial score (nSPS) is 17.8. The van der Waals surface area contributed by atoms with Crippen molar-refractivity contribution in [2.45, 2.75) is 51.4 Å². The first-order chi connectivity index (χ1) is 19.4. The molecule has 204 valence electrons. The SMILES string of the molecule is CC(C)(C)OC(=O)N1CCC(c2cccc3c2oc2ccccc23)C(OCc2ccc(-c3ccccc3)cc2)C1. The van der Waals surface area contributed by atoms with Crippen molar-refractivity contribution in [2.75, 3.05) is 13.1 Å². The van der Waals surface area contributed by atoms with E-state index >= 15 is 0 Å². The van der Waals surface area contributed by atoms with Crippen molar-refractivity contribution in [1.29, 1.82) is 0 Å². The largest absolute Gasteiger partial charge is 0.456 e. The Kier molecular flexibility index (Phi) is 7.07. The molecule has 0 spiro atoms. The summed E-state index contributed by atoms with van der Waals surface area (Å²) in [6, 6.07) is 33.4. The van der Waals surface area contributed by atoms with E-state index in [1.165, 1.54) is 11.1 Å². The Hall–Kier alpha value is -4.09. The van der Waals surface area contributed by atoms with Gasteiger partial charge in [0.1, 0.15) is 16.8 Å². The molecule has 1 fully saturated rings. The van der Waals surface area contributed by atoms with E-state index in [9.17, 15) is 4.79 Å². The number of hydrogen-bond donors (Lipinski definition) is 0. The van der Waals surface area contributed by atoms with Crippen LogP contribution in [0.15, 0.2) is 101 Å². The average Bonchev–Trinajstić information content (AvgIpc) is 3.35. The number of hydrogen-bond acceptors (Lipinski definition) is 4. The first-order valence-corrected chi connectivity index (χ1v) is 14.0. The van der Waals surface area contributed by atoms with E-state index in [0.29, 0.717) is 19.7 Å². The molecule has 2 unspecified atom stereocenters. The summed E-state index contributed by atoms with van der Waals surface area (Å²) in [7, 11) is 0. The Labute approximate surface area is 235 Å². The van der Waals surface area contributed by atoms with E-state index in [0.717, 1.165) is 39.5 Å². The predicted molar refractivity (Wildman–Crippen MR) is 159 cm³/mol. The second-order valence-corrected chi connectivity index (χ2v) is 11.6. The number of carbonyl (C=O) groups is 1. The number of rotatable bonds is 5. The number of ether oxygens (including phenoxy) is 2. The van der Waals surface area contributed by atoms with Crippen LogP contribution < -0.4 is 0 Å². The highest BCUT2D eigenvalue weighted by Gasteiger charge is 2.36. The topological polar surface area (TPSA) is 51.9 Å². The van der Waals surface area contributed by atoms with Crippen molar-refractivity contribution in [3.8, 4) is 11.1 Å². The van der Waals surface area contributed by atoms with Gasteiger partial charge in [0.15, 0.2) is 0 Å². The van der Waals surface area contributed by atoms with Crippen molar-refractivity contribution >= 4 is 28.0 Å². The maximum Gasteiger partial charge on any atom is 0.410 e. The van der Waals surface area contributed by atoms with Gasteiger partial charge < -0.3 is 18.8 Å². The summed E-state index contributed by atoms with van der Waals surface area (Å²) in [5, 5.41) is 2.22. The van der Waals surface area contributed by atoms with E-state index in [1.807, 2.05) is 45.0 Å². The fraction of sp³-hybridized carbons (Fsp3) is 0.286. The lowest BCUT2D eigenvalue weighted by atomic mass is 9.86. The minimum Gasteiger partial charge on any atom is -0.456 e. The maximum atomic E-state index is 13.0. The zero-order chi connectivity index (χ0) is 27.7. The maximum absolute atomic E-state index is 13.0. The van der Waals surface area contributed by atoms with Crippen LogP contribution in [0.25, 0.3) is 33.1 Å². The van der Waals surface area contributed by atoms with Crippen molar-refractivity contribution in [3.63, 3.8) is 0 Å². The van der Waals surface area contributed by atoms with Crippen LogP contribution in [0.5, 0.6) is 0 Å². The third-order valence-corrected chi connectivity index (χ3v) is 7.57. The molecule has 1 aliphatic rings. The van der Waals surface area contributed by atoms with Gasteiger partial charge in [-0.1, -0.05) is 91.0 Å². The van der Waals surface area contributed by atoms with Gasteiger partial charge in [0.2, 0.25) is 0 Å². The van der Waals surface area contributed by atoms with Gasteiger partial charge in [-0.3, -0.25) is 0 Å². The second-order valence-electron chi connectivity index (χ2n) is 11.6. The standard InChI is InChI=1S/C35H35NO4/c1-35(2,3)40-34(37)36-21-20-28(30-14-9-13-29-27-12-7-8-15-31(27)39-33(29)30)32(22-36)38-23-24-16-18-26(19-17-24)25-10-5-4-6-11-25/h4-19,28,32H,20-23H2,1-3H3. The molecule has 2 heterocycles. The van der Waals surface area contributed by atoms with Crippen LogP contribution in [0.3, 0.4) is 0 Å².